The Labute approximate surface area is 299 Å². The van der Waals surface area contributed by atoms with Crippen molar-refractivity contribution >= 4 is 28.5 Å². The van der Waals surface area contributed by atoms with Crippen molar-refractivity contribution in [1.29, 1.82) is 0 Å². The monoisotopic (exact) mass is 656 g/mol. The van der Waals surface area contributed by atoms with E-state index in [4.69, 9.17) is 0 Å². The summed E-state index contributed by atoms with van der Waals surface area (Å²) in [5, 5.41) is 0. The third-order valence-electron chi connectivity index (χ3n) is 10.9. The van der Waals surface area contributed by atoms with Crippen LogP contribution in [0.25, 0.3) is 0 Å². The summed E-state index contributed by atoms with van der Waals surface area (Å²) in [4.78, 5) is 4.92. The Kier molecular flexibility index (Phi) is 9.09. The Hall–Kier alpha value is -5.15. The van der Waals surface area contributed by atoms with Gasteiger partial charge < -0.3 is 9.80 Å². The minimum Gasteiger partial charge on any atom is -0.344 e. The predicted octanol–water partition coefficient (Wildman–Crippen LogP) is 11.7. The van der Waals surface area contributed by atoms with Gasteiger partial charge in [0.15, 0.2) is 5.71 Å². The smallest absolute Gasteiger partial charge is 0.209 e. The number of likely N-dealkylation sites (N-methyl/N-ethyl adjacent to an activating group) is 1. The lowest BCUT2D eigenvalue weighted by Crippen LogP contribution is -2.27. The molecule has 0 unspecified atom stereocenters. The molecule has 3 heteroatoms. The molecule has 4 aromatic rings. The Balaban J connectivity index is 1.32. The van der Waals surface area contributed by atoms with Gasteiger partial charge in [-0.2, -0.15) is 4.58 Å². The first-order valence-electron chi connectivity index (χ1n) is 18.3. The van der Waals surface area contributed by atoms with E-state index < -0.39 is 0 Å². The van der Waals surface area contributed by atoms with Gasteiger partial charge in [-0.3, -0.25) is 0 Å². The number of rotatable bonds is 9. The molecule has 0 saturated carbocycles. The minimum absolute atomic E-state index is 0.0580. The van der Waals surface area contributed by atoms with Gasteiger partial charge in [-0.1, -0.05) is 111 Å². The molecule has 2 aliphatic heterocycles. The van der Waals surface area contributed by atoms with Gasteiger partial charge in [0.2, 0.25) is 5.69 Å². The first-order valence-corrected chi connectivity index (χ1v) is 18.3. The fraction of sp³-hybridized carbons (Fsp3) is 0.255. The summed E-state index contributed by atoms with van der Waals surface area (Å²) in [5.41, 5.74) is 14.3. The van der Waals surface area contributed by atoms with Crippen LogP contribution in [0.15, 0.2) is 168 Å². The summed E-state index contributed by atoms with van der Waals surface area (Å²) < 4.78 is 2.47. The summed E-state index contributed by atoms with van der Waals surface area (Å²) in [6.07, 6.45) is 16.0. The van der Waals surface area contributed by atoms with Crippen LogP contribution >= 0.6 is 0 Å². The van der Waals surface area contributed by atoms with Crippen LogP contribution in [0.3, 0.4) is 0 Å². The number of allylic oxidation sites excluding steroid dienone is 9. The topological polar surface area (TPSA) is 9.49 Å². The van der Waals surface area contributed by atoms with Crippen LogP contribution < -0.4 is 9.80 Å². The molecule has 3 aliphatic rings. The van der Waals surface area contributed by atoms with Crippen molar-refractivity contribution in [3.05, 3.63) is 179 Å². The molecule has 0 spiro atoms. The van der Waals surface area contributed by atoms with Crippen molar-refractivity contribution < 1.29 is 4.58 Å². The van der Waals surface area contributed by atoms with Crippen molar-refractivity contribution in [3.8, 4) is 0 Å². The average Bonchev–Trinajstić information content (AvgIpc) is 3.71. The molecule has 0 atom stereocenters. The number of fused-ring (bicyclic) bond motifs is 2. The molecule has 3 nitrogen and oxygen atoms in total. The third-order valence-corrected chi connectivity index (χ3v) is 10.9. The van der Waals surface area contributed by atoms with Gasteiger partial charge in [-0.15, -0.1) is 0 Å². The highest BCUT2D eigenvalue weighted by Crippen LogP contribution is 2.48. The lowest BCUT2D eigenvalue weighted by Gasteiger charge is -2.28. The van der Waals surface area contributed by atoms with Crippen molar-refractivity contribution in [2.24, 2.45) is 0 Å². The Morgan fingerprint density at radius 2 is 1.26 bits per heavy atom. The SMILES string of the molecule is CCN1/C(=C\C=C\C2=C(N(c3ccccc3)c3ccccc3)C(=C/C=C/C3=[N+](CC)c4ccccc4C3(C)C)/CC2)C(C)(C)c2ccccc21. The van der Waals surface area contributed by atoms with Gasteiger partial charge in [0.05, 0.1) is 11.1 Å². The van der Waals surface area contributed by atoms with Gasteiger partial charge in [-0.05, 0) is 93.7 Å². The quantitative estimate of drug-likeness (QED) is 0.166. The molecule has 0 bridgehead atoms. The van der Waals surface area contributed by atoms with Gasteiger partial charge in [0.1, 0.15) is 6.54 Å². The molecular weight excluding hydrogens is 607 g/mol. The highest BCUT2D eigenvalue weighted by molar-refractivity contribution is 6.03. The van der Waals surface area contributed by atoms with Crippen molar-refractivity contribution in [2.45, 2.75) is 65.2 Å². The van der Waals surface area contributed by atoms with E-state index in [1.165, 1.54) is 50.8 Å². The van der Waals surface area contributed by atoms with E-state index >= 15 is 0 Å². The number of benzene rings is 4. The molecule has 0 aromatic heterocycles. The maximum atomic E-state index is 2.47. The molecule has 50 heavy (non-hydrogen) atoms. The van der Waals surface area contributed by atoms with Crippen LogP contribution in [0.4, 0.5) is 22.7 Å². The summed E-state index contributed by atoms with van der Waals surface area (Å²) in [6, 6.07) is 39.4. The molecule has 0 saturated heterocycles. The number of nitrogens with zero attached hydrogens (tertiary/aromatic N) is 3. The van der Waals surface area contributed by atoms with Crippen LogP contribution in [0.5, 0.6) is 0 Å². The fourth-order valence-corrected chi connectivity index (χ4v) is 8.36. The van der Waals surface area contributed by atoms with Gasteiger partial charge >= 0.3 is 0 Å². The second-order valence-corrected chi connectivity index (χ2v) is 14.5. The van der Waals surface area contributed by atoms with Crippen LogP contribution in [0.1, 0.15) is 65.5 Å². The van der Waals surface area contributed by atoms with Crippen molar-refractivity contribution in [3.63, 3.8) is 0 Å². The van der Waals surface area contributed by atoms with E-state index in [0.717, 1.165) is 37.3 Å². The van der Waals surface area contributed by atoms with E-state index in [9.17, 15) is 0 Å². The number of hydrogen-bond acceptors (Lipinski definition) is 2. The predicted molar refractivity (Wildman–Crippen MR) is 213 cm³/mol. The van der Waals surface area contributed by atoms with Crippen molar-refractivity contribution in [1.82, 2.24) is 0 Å². The second kappa shape index (κ2) is 13.6. The van der Waals surface area contributed by atoms with Crippen LogP contribution in [0, 0.1) is 0 Å². The maximum Gasteiger partial charge on any atom is 0.209 e. The average molecular weight is 657 g/mol. The minimum atomic E-state index is -0.0580. The summed E-state index contributed by atoms with van der Waals surface area (Å²) in [6.45, 7) is 15.8. The van der Waals surface area contributed by atoms with Gasteiger partial charge in [-0.25, -0.2) is 0 Å². The number of anilines is 3. The summed E-state index contributed by atoms with van der Waals surface area (Å²) in [5.74, 6) is 0. The maximum absolute atomic E-state index is 2.47. The first-order chi connectivity index (χ1) is 24.3. The van der Waals surface area contributed by atoms with Crippen LogP contribution in [-0.2, 0) is 10.8 Å². The number of hydrogen-bond donors (Lipinski definition) is 0. The summed E-state index contributed by atoms with van der Waals surface area (Å²) >= 11 is 0. The molecule has 1 aliphatic carbocycles. The lowest BCUT2D eigenvalue weighted by molar-refractivity contribution is -0.433. The molecule has 4 aromatic carbocycles. The first kappa shape index (κ1) is 33.4. The third kappa shape index (κ3) is 5.79. The molecule has 2 heterocycles. The van der Waals surface area contributed by atoms with E-state index in [1.807, 2.05) is 0 Å². The van der Waals surface area contributed by atoms with Gasteiger partial charge in [0, 0.05) is 52.4 Å². The Bertz CT molecular complexity index is 2030. The molecular formula is C47H50N3+. The second-order valence-electron chi connectivity index (χ2n) is 14.5. The molecule has 0 fully saturated rings. The molecule has 252 valence electrons. The zero-order chi connectivity index (χ0) is 34.9. The van der Waals surface area contributed by atoms with E-state index in [2.05, 4.69) is 202 Å². The number of para-hydroxylation sites is 4. The van der Waals surface area contributed by atoms with Crippen LogP contribution in [-0.4, -0.2) is 23.4 Å². The van der Waals surface area contributed by atoms with E-state index in [-0.39, 0.29) is 10.8 Å². The molecule has 7 rings (SSSR count). The lowest BCUT2D eigenvalue weighted by atomic mass is 9.81. The van der Waals surface area contributed by atoms with E-state index in [0.29, 0.717) is 0 Å². The fourth-order valence-electron chi connectivity index (χ4n) is 8.36. The molecule has 0 radical (unpaired) electrons. The molecule has 0 N–H and O–H groups in total. The zero-order valence-electron chi connectivity index (χ0n) is 30.5. The Morgan fingerprint density at radius 3 is 1.92 bits per heavy atom. The van der Waals surface area contributed by atoms with Crippen LogP contribution in [0.2, 0.25) is 0 Å². The normalized spacial score (nSPS) is 19.4. The summed E-state index contributed by atoms with van der Waals surface area (Å²) in [7, 11) is 0. The highest BCUT2D eigenvalue weighted by atomic mass is 15.2. The zero-order valence-corrected chi connectivity index (χ0v) is 30.5. The molecule has 0 amide bonds. The van der Waals surface area contributed by atoms with Gasteiger partial charge in [0.25, 0.3) is 0 Å². The highest BCUT2D eigenvalue weighted by Gasteiger charge is 2.43. The van der Waals surface area contributed by atoms with Crippen molar-refractivity contribution in [2.75, 3.05) is 22.9 Å². The standard InChI is InChI=1S/C47H50N3/c1-7-48-41-29-17-15-27-39(41)46(3,4)43(48)31-19-21-35-33-34-36(45(35)50(37-23-11-9-12-24-37)38-25-13-10-14-26-38)22-20-32-44-47(5,6)40-28-16-18-30-42(40)49(44)8-2/h9-32H,7-8,33-34H2,1-6H3/q+1. The Morgan fingerprint density at radius 1 is 0.660 bits per heavy atom. The van der Waals surface area contributed by atoms with E-state index in [1.54, 1.807) is 0 Å². The largest absolute Gasteiger partial charge is 0.344 e.